The number of aromatic nitrogens is 1. The van der Waals surface area contributed by atoms with Crippen LogP contribution in [0.1, 0.15) is 50.6 Å². The molecule has 43 heavy (non-hydrogen) atoms. The average molecular weight is 590 g/mol. The summed E-state index contributed by atoms with van der Waals surface area (Å²) in [5.74, 6) is 0.0293. The van der Waals surface area contributed by atoms with Crippen molar-refractivity contribution in [3.63, 3.8) is 0 Å². The van der Waals surface area contributed by atoms with E-state index in [1.807, 2.05) is 24.3 Å². The van der Waals surface area contributed by atoms with Crippen LogP contribution in [0.4, 0.5) is 29.3 Å². The number of benzene rings is 3. The highest BCUT2D eigenvalue weighted by Gasteiger charge is 2.38. The smallest absolute Gasteiger partial charge is 0.433 e. The van der Waals surface area contributed by atoms with Gasteiger partial charge in [0, 0.05) is 36.8 Å². The van der Waals surface area contributed by atoms with Crippen molar-refractivity contribution < 1.29 is 27.5 Å². The summed E-state index contributed by atoms with van der Waals surface area (Å²) in [7, 11) is 0. The molecule has 3 aromatic carbocycles. The first-order valence-corrected chi connectivity index (χ1v) is 13.7. The van der Waals surface area contributed by atoms with E-state index in [4.69, 9.17) is 10.5 Å². The molecule has 5 N–H and O–H groups in total. The van der Waals surface area contributed by atoms with Crippen LogP contribution in [0.15, 0.2) is 91.1 Å². The van der Waals surface area contributed by atoms with Gasteiger partial charge in [0.2, 0.25) is 0 Å². The minimum absolute atomic E-state index is 0.112. The highest BCUT2D eigenvalue weighted by molar-refractivity contribution is 6.05. The van der Waals surface area contributed by atoms with Crippen molar-refractivity contribution in [2.75, 3.05) is 11.1 Å². The van der Waals surface area contributed by atoms with Gasteiger partial charge in [-0.3, -0.25) is 9.78 Å². The van der Waals surface area contributed by atoms with E-state index in [1.54, 1.807) is 48.5 Å². The summed E-state index contributed by atoms with van der Waals surface area (Å²) < 4.78 is 43.3. The number of nitrogens with two attached hydrogens (primary N) is 1. The number of rotatable bonds is 10. The minimum Gasteiger partial charge on any atom is -0.445 e. The molecule has 0 bridgehead atoms. The molecule has 2 amide bonds. The van der Waals surface area contributed by atoms with Gasteiger partial charge >= 0.3 is 12.3 Å². The van der Waals surface area contributed by atoms with Gasteiger partial charge in [0.25, 0.3) is 5.91 Å². The number of anilines is 2. The molecule has 1 heterocycles. The van der Waals surface area contributed by atoms with Gasteiger partial charge in [-0.2, -0.15) is 13.2 Å². The molecule has 5 rings (SSSR count). The van der Waals surface area contributed by atoms with Crippen LogP contribution in [0.2, 0.25) is 0 Å². The maximum absolute atomic E-state index is 12.7. The zero-order chi connectivity index (χ0) is 30.4. The largest absolute Gasteiger partial charge is 0.445 e. The predicted octanol–water partition coefficient (Wildman–Crippen LogP) is 6.01. The normalized spacial score (nSPS) is 15.9. The number of nitrogen functional groups attached to an aromatic ring is 1. The van der Waals surface area contributed by atoms with E-state index < -0.39 is 18.0 Å². The second-order valence-electron chi connectivity index (χ2n) is 10.3. The highest BCUT2D eigenvalue weighted by atomic mass is 19.4. The maximum Gasteiger partial charge on any atom is 0.433 e. The fourth-order valence-electron chi connectivity index (χ4n) is 4.55. The summed E-state index contributed by atoms with van der Waals surface area (Å²) in [5.41, 5.74) is 9.93. The number of pyridine rings is 1. The van der Waals surface area contributed by atoms with Gasteiger partial charge in [-0.25, -0.2) is 4.79 Å². The van der Waals surface area contributed by atoms with Gasteiger partial charge < -0.3 is 26.4 Å². The van der Waals surface area contributed by atoms with Crippen molar-refractivity contribution in [1.29, 1.82) is 0 Å². The van der Waals surface area contributed by atoms with Crippen molar-refractivity contribution >= 4 is 23.4 Å². The Morgan fingerprint density at radius 1 is 0.884 bits per heavy atom. The molecule has 1 unspecified atom stereocenters. The number of alkyl halides is 3. The lowest BCUT2D eigenvalue weighted by Gasteiger charge is -2.10. The van der Waals surface area contributed by atoms with Crippen molar-refractivity contribution in [2.45, 2.75) is 44.3 Å². The predicted molar refractivity (Wildman–Crippen MR) is 156 cm³/mol. The van der Waals surface area contributed by atoms with Gasteiger partial charge in [-0.15, -0.1) is 0 Å². The van der Waals surface area contributed by atoms with Crippen LogP contribution in [0.25, 0.3) is 0 Å². The summed E-state index contributed by atoms with van der Waals surface area (Å²) in [6.45, 7) is 0.793. The average Bonchev–Trinajstić information content (AvgIpc) is 3.79. The standard InChI is InChI=1S/C32H30F3N5O3/c33-32(34,35)29-14-9-22(18-38-29)17-37-28-15-25(28)23-10-7-21(8-11-23)19-43-31(42)39-16-20-5-12-24(13-6-20)30(41)40-27-4-2-1-3-26(27)36/h1-14,18,25,28,37H,15-17,19,36H2,(H,39,42)(H,40,41)/t25?,28-/m0/s1. The molecule has 1 aliphatic rings. The second kappa shape index (κ2) is 13.0. The Morgan fingerprint density at radius 3 is 2.26 bits per heavy atom. The third-order valence-corrected chi connectivity index (χ3v) is 7.11. The van der Waals surface area contributed by atoms with Crippen LogP contribution < -0.4 is 21.7 Å². The molecule has 1 saturated carbocycles. The second-order valence-corrected chi connectivity index (χ2v) is 10.3. The number of hydrogen-bond donors (Lipinski definition) is 4. The molecule has 8 nitrogen and oxygen atoms in total. The van der Waals surface area contributed by atoms with Crippen LogP contribution in [-0.4, -0.2) is 23.0 Å². The zero-order valence-corrected chi connectivity index (χ0v) is 23.0. The van der Waals surface area contributed by atoms with Crippen molar-refractivity contribution in [3.8, 4) is 0 Å². The first-order valence-electron chi connectivity index (χ1n) is 13.7. The van der Waals surface area contributed by atoms with E-state index in [-0.39, 0.29) is 25.1 Å². The van der Waals surface area contributed by atoms with Gasteiger partial charge in [0.1, 0.15) is 12.3 Å². The van der Waals surface area contributed by atoms with Crippen LogP contribution >= 0.6 is 0 Å². The zero-order valence-electron chi connectivity index (χ0n) is 23.0. The van der Waals surface area contributed by atoms with Gasteiger partial charge in [-0.05, 0) is 59.0 Å². The van der Waals surface area contributed by atoms with Crippen LogP contribution in [0.5, 0.6) is 0 Å². The van der Waals surface area contributed by atoms with Crippen molar-refractivity contribution in [2.24, 2.45) is 0 Å². The van der Waals surface area contributed by atoms with Crippen molar-refractivity contribution in [1.82, 2.24) is 15.6 Å². The Kier molecular flexibility index (Phi) is 8.91. The molecular formula is C32H30F3N5O3. The number of hydrogen-bond acceptors (Lipinski definition) is 6. The molecule has 0 saturated heterocycles. The first-order chi connectivity index (χ1) is 20.7. The van der Waals surface area contributed by atoms with E-state index in [1.165, 1.54) is 12.3 Å². The van der Waals surface area contributed by atoms with E-state index in [0.717, 1.165) is 29.2 Å². The number of nitrogens with one attached hydrogen (secondary N) is 3. The topological polar surface area (TPSA) is 118 Å². The Labute approximate surface area is 246 Å². The molecule has 0 spiro atoms. The molecule has 0 radical (unpaired) electrons. The fourth-order valence-corrected chi connectivity index (χ4v) is 4.55. The summed E-state index contributed by atoms with van der Waals surface area (Å²) in [4.78, 5) is 28.2. The fraction of sp³-hybridized carbons (Fsp3) is 0.219. The number of carbonyl (C=O) groups excluding carboxylic acids is 2. The Bertz CT molecular complexity index is 1560. The van der Waals surface area contributed by atoms with Gasteiger partial charge in [0.15, 0.2) is 0 Å². The number of ether oxygens (including phenoxy) is 1. The Balaban J connectivity index is 1.01. The van der Waals surface area contributed by atoms with E-state index in [9.17, 15) is 22.8 Å². The lowest BCUT2D eigenvalue weighted by Crippen LogP contribution is -2.23. The van der Waals surface area contributed by atoms with Crippen LogP contribution in [-0.2, 0) is 30.6 Å². The minimum atomic E-state index is -4.44. The first kappa shape index (κ1) is 29.6. The maximum atomic E-state index is 12.7. The monoisotopic (exact) mass is 589 g/mol. The lowest BCUT2D eigenvalue weighted by atomic mass is 10.1. The SMILES string of the molecule is Nc1ccccc1NC(=O)c1ccc(CNC(=O)OCc2ccc(C3C[C@@H]3NCc3ccc(C(F)(F)F)nc3)cc2)cc1. The molecule has 1 fully saturated rings. The molecule has 222 valence electrons. The Hall–Kier alpha value is -4.90. The molecule has 11 heteroatoms. The number of halogens is 3. The number of carbonyl (C=O) groups is 2. The van der Waals surface area contributed by atoms with Gasteiger partial charge in [0.05, 0.1) is 11.4 Å². The van der Waals surface area contributed by atoms with Crippen molar-refractivity contribution in [3.05, 3.63) is 125 Å². The number of nitrogens with zero attached hydrogens (tertiary/aromatic N) is 1. The van der Waals surface area contributed by atoms with Crippen LogP contribution in [0, 0.1) is 0 Å². The quantitative estimate of drug-likeness (QED) is 0.168. The van der Waals surface area contributed by atoms with E-state index >= 15 is 0 Å². The molecule has 1 aliphatic carbocycles. The van der Waals surface area contributed by atoms with E-state index in [0.29, 0.717) is 35.0 Å². The number of amides is 2. The summed E-state index contributed by atoms with van der Waals surface area (Å²) in [6.07, 6.45) is -2.82. The van der Waals surface area contributed by atoms with E-state index in [2.05, 4.69) is 20.9 Å². The molecule has 2 atom stereocenters. The molecule has 0 aliphatic heterocycles. The Morgan fingerprint density at radius 2 is 1.58 bits per heavy atom. The molecular weight excluding hydrogens is 559 g/mol. The third kappa shape index (κ3) is 8.10. The molecule has 1 aromatic heterocycles. The summed E-state index contributed by atoms with van der Waals surface area (Å²) >= 11 is 0. The molecule has 4 aromatic rings. The number of para-hydroxylation sites is 2. The third-order valence-electron chi connectivity index (χ3n) is 7.11. The summed E-state index contributed by atoms with van der Waals surface area (Å²) in [6, 6.07) is 24.3. The lowest BCUT2D eigenvalue weighted by molar-refractivity contribution is -0.141. The highest BCUT2D eigenvalue weighted by Crippen LogP contribution is 2.41. The summed E-state index contributed by atoms with van der Waals surface area (Å²) in [5, 5.41) is 8.83. The number of alkyl carbamates (subject to hydrolysis) is 1. The van der Waals surface area contributed by atoms with Gasteiger partial charge in [-0.1, -0.05) is 54.6 Å². The van der Waals surface area contributed by atoms with Crippen LogP contribution in [0.3, 0.4) is 0 Å².